The fraction of sp³-hybridized carbons (Fsp3) is 0.533. The Morgan fingerprint density at radius 2 is 1.75 bits per heavy atom. The molecule has 1 heterocycles. The van der Waals surface area contributed by atoms with Gasteiger partial charge in [-0.05, 0) is 43.0 Å². The molecule has 0 unspecified atom stereocenters. The summed E-state index contributed by atoms with van der Waals surface area (Å²) >= 11 is 0. The van der Waals surface area contributed by atoms with Gasteiger partial charge in [0.25, 0.3) is 0 Å². The van der Waals surface area contributed by atoms with Crippen molar-refractivity contribution in [1.82, 2.24) is 4.72 Å². The van der Waals surface area contributed by atoms with Crippen LogP contribution in [0.4, 0.5) is 5.69 Å². The van der Waals surface area contributed by atoms with E-state index in [4.69, 9.17) is 0 Å². The van der Waals surface area contributed by atoms with E-state index in [1.165, 1.54) is 24.3 Å². The summed E-state index contributed by atoms with van der Waals surface area (Å²) in [5, 5.41) is 0. The van der Waals surface area contributed by atoms with Gasteiger partial charge >= 0.3 is 0 Å². The topological polar surface area (TPSA) is 101 Å². The highest BCUT2D eigenvalue weighted by molar-refractivity contribution is 7.94. The molecule has 0 spiro atoms. The number of amides is 1. The molecule has 1 saturated heterocycles. The maximum Gasteiger partial charge on any atom is 0.242 e. The van der Waals surface area contributed by atoms with Crippen LogP contribution in [0, 0.1) is 5.92 Å². The smallest absolute Gasteiger partial charge is 0.242 e. The summed E-state index contributed by atoms with van der Waals surface area (Å²) in [5.41, 5.74) is 0.173. The highest BCUT2D eigenvalue weighted by Crippen LogP contribution is 2.27. The van der Waals surface area contributed by atoms with Crippen LogP contribution >= 0.6 is 0 Å². The molecule has 2 aliphatic rings. The van der Waals surface area contributed by atoms with Crippen molar-refractivity contribution in [3.8, 4) is 0 Å². The molecule has 7 nitrogen and oxygen atoms in total. The lowest BCUT2D eigenvalue weighted by Gasteiger charge is -2.16. The van der Waals surface area contributed by atoms with Gasteiger partial charge in [0.05, 0.1) is 16.3 Å². The Kier molecular flexibility index (Phi) is 4.67. The summed E-state index contributed by atoms with van der Waals surface area (Å²) in [6.45, 7) is 0.420. The fourth-order valence-corrected chi connectivity index (χ4v) is 5.73. The van der Waals surface area contributed by atoms with Gasteiger partial charge in [-0.15, -0.1) is 0 Å². The second-order valence-electron chi connectivity index (χ2n) is 6.22. The Balaban J connectivity index is 1.75. The minimum Gasteiger partial charge on any atom is -0.273 e. The molecular weight excluding hydrogens is 352 g/mol. The van der Waals surface area contributed by atoms with Gasteiger partial charge in [-0.1, -0.05) is 12.8 Å². The molecule has 0 radical (unpaired) electrons. The lowest BCUT2D eigenvalue weighted by atomic mass is 10.1. The lowest BCUT2D eigenvalue weighted by molar-refractivity contribution is -0.116. The molecule has 0 atom stereocenters. The van der Waals surface area contributed by atoms with E-state index in [1.54, 1.807) is 0 Å². The Morgan fingerprint density at radius 3 is 2.29 bits per heavy atom. The van der Waals surface area contributed by atoms with Gasteiger partial charge in [0, 0.05) is 13.0 Å². The first kappa shape index (κ1) is 17.4. The summed E-state index contributed by atoms with van der Waals surface area (Å²) in [6, 6.07) is 5.36. The maximum absolute atomic E-state index is 12.3. The SMILES string of the molecule is O=C1CCS(=O)(=O)N1c1ccc(S(=O)(=O)NCC2CCCC2)cc1. The average Bonchev–Trinajstić information content (AvgIpc) is 3.14. The third-order valence-corrected chi connectivity index (χ3v) is 7.63. The minimum absolute atomic E-state index is 0.0503. The van der Waals surface area contributed by atoms with Gasteiger partial charge < -0.3 is 0 Å². The number of rotatable bonds is 5. The van der Waals surface area contributed by atoms with E-state index in [2.05, 4.69) is 4.72 Å². The predicted octanol–water partition coefficient (Wildman–Crippen LogP) is 1.22. The van der Waals surface area contributed by atoms with Crippen molar-refractivity contribution in [3.63, 3.8) is 0 Å². The van der Waals surface area contributed by atoms with Crippen LogP contribution in [0.5, 0.6) is 0 Å². The maximum atomic E-state index is 12.3. The molecule has 1 aromatic rings. The molecule has 1 saturated carbocycles. The highest BCUT2D eigenvalue weighted by atomic mass is 32.2. The predicted molar refractivity (Wildman–Crippen MR) is 89.5 cm³/mol. The summed E-state index contributed by atoms with van der Waals surface area (Å²) in [4.78, 5) is 11.8. The number of nitrogens with one attached hydrogen (secondary N) is 1. The average molecular weight is 372 g/mol. The summed E-state index contributed by atoms with van der Waals surface area (Å²) in [6.07, 6.45) is 4.30. The van der Waals surface area contributed by atoms with E-state index in [0.717, 1.165) is 30.0 Å². The van der Waals surface area contributed by atoms with Gasteiger partial charge in [0.1, 0.15) is 0 Å². The monoisotopic (exact) mass is 372 g/mol. The molecular formula is C15H20N2O5S2. The Hall–Kier alpha value is -1.45. The van der Waals surface area contributed by atoms with Crippen molar-refractivity contribution >= 4 is 31.6 Å². The number of benzene rings is 1. The molecule has 1 amide bonds. The first-order valence-corrected chi connectivity index (χ1v) is 11.0. The fourth-order valence-electron chi connectivity index (χ4n) is 3.15. The number of hydrogen-bond acceptors (Lipinski definition) is 5. The zero-order valence-electron chi connectivity index (χ0n) is 13.1. The van der Waals surface area contributed by atoms with Crippen molar-refractivity contribution in [2.24, 2.45) is 5.92 Å². The van der Waals surface area contributed by atoms with E-state index in [1.807, 2.05) is 0 Å². The normalized spacial score (nSPS) is 21.5. The minimum atomic E-state index is -3.64. The van der Waals surface area contributed by atoms with Crippen LogP contribution in [0.3, 0.4) is 0 Å². The van der Waals surface area contributed by atoms with Crippen LogP contribution in [0.2, 0.25) is 0 Å². The van der Waals surface area contributed by atoms with Crippen molar-refractivity contribution < 1.29 is 21.6 Å². The first-order valence-electron chi connectivity index (χ1n) is 7.95. The molecule has 1 aliphatic carbocycles. The molecule has 0 aromatic heterocycles. The molecule has 3 rings (SSSR count). The summed E-state index contributed by atoms with van der Waals surface area (Å²) in [5.74, 6) is -0.328. The lowest BCUT2D eigenvalue weighted by Crippen LogP contribution is -2.30. The van der Waals surface area contributed by atoms with Crippen LogP contribution in [0.15, 0.2) is 29.2 Å². The number of hydrogen-bond donors (Lipinski definition) is 1. The van der Waals surface area contributed by atoms with E-state index in [9.17, 15) is 21.6 Å². The zero-order valence-corrected chi connectivity index (χ0v) is 14.8. The van der Waals surface area contributed by atoms with E-state index < -0.39 is 26.0 Å². The van der Waals surface area contributed by atoms with E-state index in [-0.39, 0.29) is 22.8 Å². The van der Waals surface area contributed by atoms with E-state index >= 15 is 0 Å². The Bertz CT molecular complexity index is 825. The molecule has 132 valence electrons. The zero-order chi connectivity index (χ0) is 17.4. The number of anilines is 1. The van der Waals surface area contributed by atoms with Crippen molar-refractivity contribution in [2.45, 2.75) is 37.0 Å². The molecule has 1 N–H and O–H groups in total. The van der Waals surface area contributed by atoms with Crippen molar-refractivity contribution in [1.29, 1.82) is 0 Å². The van der Waals surface area contributed by atoms with Gasteiger partial charge in [-0.2, -0.15) is 0 Å². The molecule has 24 heavy (non-hydrogen) atoms. The van der Waals surface area contributed by atoms with Gasteiger partial charge in [-0.3, -0.25) is 4.79 Å². The highest BCUT2D eigenvalue weighted by Gasteiger charge is 2.36. The van der Waals surface area contributed by atoms with Crippen molar-refractivity contribution in [2.75, 3.05) is 16.6 Å². The second kappa shape index (κ2) is 6.45. The number of carbonyl (C=O) groups is 1. The molecule has 0 bridgehead atoms. The van der Waals surface area contributed by atoms with Crippen LogP contribution in [0.25, 0.3) is 0 Å². The molecule has 1 aliphatic heterocycles. The molecule has 9 heteroatoms. The molecule has 2 fully saturated rings. The largest absolute Gasteiger partial charge is 0.273 e. The quantitative estimate of drug-likeness (QED) is 0.838. The number of sulfonamides is 2. The third-order valence-electron chi connectivity index (χ3n) is 4.50. The van der Waals surface area contributed by atoms with Gasteiger partial charge in [0.2, 0.25) is 26.0 Å². The number of carbonyl (C=O) groups excluding carboxylic acids is 1. The summed E-state index contributed by atoms with van der Waals surface area (Å²) in [7, 11) is -7.27. The van der Waals surface area contributed by atoms with Crippen LogP contribution in [-0.2, 0) is 24.8 Å². The van der Waals surface area contributed by atoms with E-state index in [0.29, 0.717) is 12.5 Å². The van der Waals surface area contributed by atoms with Crippen LogP contribution in [0.1, 0.15) is 32.1 Å². The van der Waals surface area contributed by atoms with Crippen LogP contribution < -0.4 is 9.03 Å². The van der Waals surface area contributed by atoms with Gasteiger partial charge in [0.15, 0.2) is 0 Å². The van der Waals surface area contributed by atoms with Crippen molar-refractivity contribution in [3.05, 3.63) is 24.3 Å². The summed E-state index contributed by atoms with van der Waals surface area (Å²) < 4.78 is 51.7. The standard InChI is InChI=1S/C15H20N2O5S2/c18-15-9-10-23(19,20)17(15)13-5-7-14(8-6-13)24(21,22)16-11-12-3-1-2-4-12/h5-8,12,16H,1-4,9-11H2. The third kappa shape index (κ3) is 3.47. The molecule has 1 aromatic carbocycles. The first-order chi connectivity index (χ1) is 11.3. The van der Waals surface area contributed by atoms with Crippen LogP contribution in [-0.4, -0.2) is 35.0 Å². The Morgan fingerprint density at radius 1 is 1.12 bits per heavy atom. The van der Waals surface area contributed by atoms with Gasteiger partial charge in [-0.25, -0.2) is 25.9 Å². The Labute approximate surface area is 142 Å². The number of nitrogens with zero attached hydrogens (tertiary/aromatic N) is 1. The second-order valence-corrected chi connectivity index (χ2v) is 9.92.